The molecule has 118 valence electrons. The number of carbonyl (C=O) groups is 1. The lowest BCUT2D eigenvalue weighted by atomic mass is 10.2. The van der Waals surface area contributed by atoms with Crippen LogP contribution in [0.15, 0.2) is 54.9 Å². The molecule has 3 aromatic rings. The number of aromatic nitrogens is 4. The summed E-state index contributed by atoms with van der Waals surface area (Å²) >= 11 is 0. The van der Waals surface area contributed by atoms with Crippen molar-refractivity contribution >= 4 is 11.6 Å². The fraction of sp³-hybridized carbons (Fsp3) is 0.0625. The van der Waals surface area contributed by atoms with E-state index in [9.17, 15) is 4.79 Å². The van der Waals surface area contributed by atoms with Gasteiger partial charge in [0.15, 0.2) is 6.61 Å². The van der Waals surface area contributed by atoms with Crippen molar-refractivity contribution in [3.8, 4) is 17.5 Å². The van der Waals surface area contributed by atoms with E-state index in [1.165, 1.54) is 11.0 Å². The van der Waals surface area contributed by atoms with Gasteiger partial charge in [-0.2, -0.15) is 5.26 Å². The molecule has 0 radical (unpaired) electrons. The number of nitrogens with one attached hydrogen (secondary N) is 1. The highest BCUT2D eigenvalue weighted by molar-refractivity contribution is 5.92. The second-order valence-corrected chi connectivity index (χ2v) is 4.78. The molecular formula is C16H12N6O2. The van der Waals surface area contributed by atoms with E-state index in [1.807, 2.05) is 12.1 Å². The highest BCUT2D eigenvalue weighted by Gasteiger charge is 2.06. The zero-order valence-electron chi connectivity index (χ0n) is 12.5. The van der Waals surface area contributed by atoms with Crippen LogP contribution in [0.2, 0.25) is 0 Å². The number of rotatable bonds is 5. The Labute approximate surface area is 137 Å². The van der Waals surface area contributed by atoms with Crippen molar-refractivity contribution in [2.24, 2.45) is 0 Å². The van der Waals surface area contributed by atoms with Gasteiger partial charge in [0, 0.05) is 11.8 Å². The Morgan fingerprint density at radius 2 is 2.12 bits per heavy atom. The molecule has 3 rings (SSSR count). The predicted molar refractivity (Wildman–Crippen MR) is 84.4 cm³/mol. The molecule has 1 N–H and O–H groups in total. The van der Waals surface area contributed by atoms with Crippen LogP contribution >= 0.6 is 0 Å². The fourth-order valence-electron chi connectivity index (χ4n) is 2.01. The number of benzene rings is 2. The van der Waals surface area contributed by atoms with Gasteiger partial charge in [0.05, 0.1) is 17.3 Å². The molecule has 0 atom stereocenters. The SMILES string of the molecule is N#Cc1cccc(NC(=O)COc2cccc(-n3cnnn3)c2)c1. The number of amides is 1. The van der Waals surface area contributed by atoms with Crippen LogP contribution in [-0.4, -0.2) is 32.7 Å². The van der Waals surface area contributed by atoms with Gasteiger partial charge in [0.1, 0.15) is 12.1 Å². The van der Waals surface area contributed by atoms with Crippen LogP contribution in [0.5, 0.6) is 5.75 Å². The minimum atomic E-state index is -0.321. The van der Waals surface area contributed by atoms with Gasteiger partial charge in [-0.05, 0) is 40.8 Å². The Balaban J connectivity index is 1.60. The van der Waals surface area contributed by atoms with Crippen LogP contribution in [0.1, 0.15) is 5.56 Å². The molecule has 2 aromatic carbocycles. The van der Waals surface area contributed by atoms with Gasteiger partial charge in [0.25, 0.3) is 5.91 Å². The van der Waals surface area contributed by atoms with Crippen molar-refractivity contribution in [2.45, 2.75) is 0 Å². The van der Waals surface area contributed by atoms with Crippen molar-refractivity contribution in [3.05, 3.63) is 60.4 Å². The van der Waals surface area contributed by atoms with Crippen molar-refractivity contribution in [1.29, 1.82) is 5.26 Å². The minimum absolute atomic E-state index is 0.157. The van der Waals surface area contributed by atoms with E-state index in [0.717, 1.165) is 5.69 Å². The molecule has 0 aliphatic rings. The summed E-state index contributed by atoms with van der Waals surface area (Å²) < 4.78 is 6.96. The second-order valence-electron chi connectivity index (χ2n) is 4.78. The van der Waals surface area contributed by atoms with Crippen LogP contribution in [0, 0.1) is 11.3 Å². The summed E-state index contributed by atoms with van der Waals surface area (Å²) in [6.45, 7) is -0.157. The van der Waals surface area contributed by atoms with Crippen LogP contribution in [0.25, 0.3) is 5.69 Å². The maximum Gasteiger partial charge on any atom is 0.262 e. The molecule has 0 fully saturated rings. The van der Waals surface area contributed by atoms with Crippen LogP contribution in [0.3, 0.4) is 0 Å². The van der Waals surface area contributed by atoms with Crippen LogP contribution in [0.4, 0.5) is 5.69 Å². The van der Waals surface area contributed by atoms with E-state index in [4.69, 9.17) is 10.00 Å². The summed E-state index contributed by atoms with van der Waals surface area (Å²) in [5.41, 5.74) is 1.74. The van der Waals surface area contributed by atoms with E-state index >= 15 is 0 Å². The highest BCUT2D eigenvalue weighted by Crippen LogP contribution is 2.16. The summed E-state index contributed by atoms with van der Waals surface area (Å²) in [6, 6.07) is 15.7. The first-order chi connectivity index (χ1) is 11.7. The molecule has 0 bridgehead atoms. The zero-order valence-corrected chi connectivity index (χ0v) is 12.5. The molecule has 8 heteroatoms. The molecule has 0 unspecified atom stereocenters. The molecule has 0 spiro atoms. The summed E-state index contributed by atoms with van der Waals surface area (Å²) in [5.74, 6) is 0.196. The zero-order chi connectivity index (χ0) is 16.8. The number of ether oxygens (including phenoxy) is 1. The molecule has 8 nitrogen and oxygen atoms in total. The van der Waals surface area contributed by atoms with E-state index in [-0.39, 0.29) is 12.5 Å². The number of anilines is 1. The Bertz CT molecular complexity index is 886. The number of hydrogen-bond donors (Lipinski definition) is 1. The van der Waals surface area contributed by atoms with E-state index in [1.54, 1.807) is 42.5 Å². The summed E-state index contributed by atoms with van der Waals surface area (Å²) in [4.78, 5) is 11.9. The summed E-state index contributed by atoms with van der Waals surface area (Å²) in [6.07, 6.45) is 1.47. The first-order valence-corrected chi connectivity index (χ1v) is 7.01. The van der Waals surface area contributed by atoms with Gasteiger partial charge in [-0.1, -0.05) is 12.1 Å². The van der Waals surface area contributed by atoms with Crippen LogP contribution < -0.4 is 10.1 Å². The number of hydrogen-bond acceptors (Lipinski definition) is 6. The molecular weight excluding hydrogens is 308 g/mol. The molecule has 0 saturated carbocycles. The van der Waals surface area contributed by atoms with Gasteiger partial charge >= 0.3 is 0 Å². The first-order valence-electron chi connectivity index (χ1n) is 7.01. The van der Waals surface area contributed by atoms with Gasteiger partial charge in [-0.3, -0.25) is 4.79 Å². The fourth-order valence-corrected chi connectivity index (χ4v) is 2.01. The van der Waals surface area contributed by atoms with Gasteiger partial charge in [-0.25, -0.2) is 4.68 Å². The lowest BCUT2D eigenvalue weighted by molar-refractivity contribution is -0.118. The Hall–Kier alpha value is -3.73. The third-order valence-corrected chi connectivity index (χ3v) is 3.08. The Morgan fingerprint density at radius 1 is 1.25 bits per heavy atom. The molecule has 24 heavy (non-hydrogen) atoms. The number of nitrogens with zero attached hydrogens (tertiary/aromatic N) is 5. The molecule has 1 aromatic heterocycles. The quantitative estimate of drug-likeness (QED) is 0.764. The standard InChI is InChI=1S/C16H12N6O2/c17-9-12-3-1-4-13(7-12)19-16(23)10-24-15-6-2-5-14(8-15)22-11-18-20-21-22/h1-8,11H,10H2,(H,19,23). The largest absolute Gasteiger partial charge is 0.484 e. The lowest BCUT2D eigenvalue weighted by Crippen LogP contribution is -2.20. The topological polar surface area (TPSA) is 106 Å². The van der Waals surface area contributed by atoms with E-state index in [0.29, 0.717) is 17.0 Å². The number of tetrazole rings is 1. The average molecular weight is 320 g/mol. The van der Waals surface area contributed by atoms with Crippen molar-refractivity contribution in [1.82, 2.24) is 20.2 Å². The van der Waals surface area contributed by atoms with Gasteiger partial charge in [-0.15, -0.1) is 5.10 Å². The first kappa shape index (κ1) is 15.2. The smallest absolute Gasteiger partial charge is 0.262 e. The second kappa shape index (κ2) is 7.02. The maximum absolute atomic E-state index is 11.9. The van der Waals surface area contributed by atoms with Crippen molar-refractivity contribution in [3.63, 3.8) is 0 Å². The maximum atomic E-state index is 11.9. The summed E-state index contributed by atoms with van der Waals surface area (Å²) in [5, 5.41) is 22.5. The van der Waals surface area contributed by atoms with Gasteiger partial charge < -0.3 is 10.1 Å². The average Bonchev–Trinajstić information content (AvgIpc) is 3.15. The Morgan fingerprint density at radius 3 is 2.92 bits per heavy atom. The third kappa shape index (κ3) is 3.72. The van der Waals surface area contributed by atoms with Crippen molar-refractivity contribution in [2.75, 3.05) is 11.9 Å². The van der Waals surface area contributed by atoms with Crippen LogP contribution in [-0.2, 0) is 4.79 Å². The summed E-state index contributed by atoms with van der Waals surface area (Å²) in [7, 11) is 0. The molecule has 1 heterocycles. The monoisotopic (exact) mass is 320 g/mol. The van der Waals surface area contributed by atoms with E-state index in [2.05, 4.69) is 20.8 Å². The van der Waals surface area contributed by atoms with Crippen molar-refractivity contribution < 1.29 is 9.53 Å². The molecule has 0 aliphatic carbocycles. The minimum Gasteiger partial charge on any atom is -0.484 e. The molecule has 0 saturated heterocycles. The Kier molecular flexibility index (Phi) is 4.44. The third-order valence-electron chi connectivity index (χ3n) is 3.08. The number of nitriles is 1. The predicted octanol–water partition coefficient (Wildman–Crippen LogP) is 1.55. The number of carbonyl (C=O) groups excluding carboxylic acids is 1. The van der Waals surface area contributed by atoms with Gasteiger partial charge in [0.2, 0.25) is 0 Å². The highest BCUT2D eigenvalue weighted by atomic mass is 16.5. The van der Waals surface area contributed by atoms with E-state index < -0.39 is 0 Å². The normalized spacial score (nSPS) is 9.96. The molecule has 1 amide bonds. The molecule has 0 aliphatic heterocycles. The lowest BCUT2D eigenvalue weighted by Gasteiger charge is -2.08.